The van der Waals surface area contributed by atoms with Crippen molar-refractivity contribution in [3.05, 3.63) is 41.5 Å². The molecule has 188 valence electrons. The van der Waals surface area contributed by atoms with Crippen molar-refractivity contribution in [3.8, 4) is 0 Å². The third kappa shape index (κ3) is 10.6. The van der Waals surface area contributed by atoms with E-state index >= 15 is 0 Å². The normalized spacial score (nSPS) is 11.6. The maximum Gasteiger partial charge on any atom is 0.125 e. The van der Waals surface area contributed by atoms with Gasteiger partial charge < -0.3 is 10.7 Å². The summed E-state index contributed by atoms with van der Waals surface area (Å²) < 4.78 is 36.1. The van der Waals surface area contributed by atoms with Gasteiger partial charge in [-0.1, -0.05) is 115 Å². The molecule has 2 rings (SSSR count). The molecule has 0 saturated heterocycles. The van der Waals surface area contributed by atoms with Gasteiger partial charge in [-0.15, -0.1) is 0 Å². The lowest BCUT2D eigenvalue weighted by molar-refractivity contribution is 0.464. The number of hydrogen-bond donors (Lipinski definition) is 1. The molecule has 0 aromatic heterocycles. The number of rotatable bonds is 17. The Labute approximate surface area is 202 Å². The summed E-state index contributed by atoms with van der Waals surface area (Å²) in [5.41, 5.74) is 2.15. The second-order valence-electron chi connectivity index (χ2n) is 9.30. The van der Waals surface area contributed by atoms with E-state index in [9.17, 15) is 13.0 Å². The molecule has 4 nitrogen and oxygen atoms in total. The van der Waals surface area contributed by atoms with Crippen molar-refractivity contribution in [1.82, 2.24) is 6.15 Å². The van der Waals surface area contributed by atoms with Crippen LogP contribution in [0.25, 0.3) is 10.8 Å². The van der Waals surface area contributed by atoms with Gasteiger partial charge >= 0.3 is 0 Å². The minimum atomic E-state index is -4.50. The molecule has 0 amide bonds. The van der Waals surface area contributed by atoms with E-state index in [-0.39, 0.29) is 11.0 Å². The third-order valence-corrected chi connectivity index (χ3v) is 7.37. The first kappa shape index (κ1) is 29.6. The summed E-state index contributed by atoms with van der Waals surface area (Å²) in [6, 6.07) is 9.53. The van der Waals surface area contributed by atoms with Crippen molar-refractivity contribution in [2.75, 3.05) is 0 Å². The van der Waals surface area contributed by atoms with Gasteiger partial charge in [0.2, 0.25) is 0 Å². The van der Waals surface area contributed by atoms with Gasteiger partial charge in [0.1, 0.15) is 10.1 Å². The predicted octanol–water partition coefficient (Wildman–Crippen LogP) is 8.71. The van der Waals surface area contributed by atoms with Crippen LogP contribution in [0.3, 0.4) is 0 Å². The third-order valence-electron chi connectivity index (χ3n) is 6.50. The van der Waals surface area contributed by atoms with Crippen LogP contribution in [-0.4, -0.2) is 13.0 Å². The van der Waals surface area contributed by atoms with Gasteiger partial charge in [0.15, 0.2) is 0 Å². The Morgan fingerprint density at radius 2 is 1.18 bits per heavy atom. The molecule has 0 atom stereocenters. The molecule has 0 radical (unpaired) electrons. The number of aryl methyl sites for hydroxylation is 2. The van der Waals surface area contributed by atoms with Crippen LogP contribution in [0.5, 0.6) is 0 Å². The van der Waals surface area contributed by atoms with E-state index in [2.05, 4.69) is 26.0 Å². The Hall–Kier alpha value is -1.43. The molecule has 0 aliphatic carbocycles. The van der Waals surface area contributed by atoms with E-state index in [4.69, 9.17) is 0 Å². The van der Waals surface area contributed by atoms with E-state index in [1.54, 1.807) is 12.1 Å². The first-order valence-corrected chi connectivity index (χ1v) is 14.4. The number of hydrogen-bond acceptors (Lipinski definition) is 3. The van der Waals surface area contributed by atoms with E-state index in [0.717, 1.165) is 43.1 Å². The quantitative estimate of drug-likeness (QED) is 0.182. The minimum Gasteiger partial charge on any atom is -0.744 e. The lowest BCUT2D eigenvalue weighted by atomic mass is 9.96. The van der Waals surface area contributed by atoms with Gasteiger partial charge in [0.25, 0.3) is 0 Å². The lowest BCUT2D eigenvalue weighted by Crippen LogP contribution is -2.02. The van der Waals surface area contributed by atoms with Gasteiger partial charge in [0, 0.05) is 0 Å². The number of benzene rings is 2. The summed E-state index contributed by atoms with van der Waals surface area (Å²) in [6.45, 7) is 4.46. The van der Waals surface area contributed by atoms with Crippen molar-refractivity contribution in [1.29, 1.82) is 0 Å². The zero-order valence-electron chi connectivity index (χ0n) is 21.3. The highest BCUT2D eigenvalue weighted by molar-refractivity contribution is 7.86. The van der Waals surface area contributed by atoms with Crippen LogP contribution in [0.2, 0.25) is 0 Å². The average Bonchev–Trinajstić information content (AvgIpc) is 2.77. The Kier molecular flexibility index (Phi) is 14.6. The van der Waals surface area contributed by atoms with E-state index in [1.807, 2.05) is 6.07 Å². The Balaban J connectivity index is 0.00000544. The van der Waals surface area contributed by atoms with Gasteiger partial charge in [-0.25, -0.2) is 8.42 Å². The molecule has 0 aliphatic rings. The van der Waals surface area contributed by atoms with Crippen LogP contribution < -0.4 is 6.15 Å². The molecule has 33 heavy (non-hydrogen) atoms. The molecule has 0 unspecified atom stereocenters. The highest BCUT2D eigenvalue weighted by atomic mass is 32.2. The summed E-state index contributed by atoms with van der Waals surface area (Å²) in [7, 11) is -4.50. The molecule has 2 aromatic carbocycles. The van der Waals surface area contributed by atoms with Crippen LogP contribution in [-0.2, 0) is 23.0 Å². The molecular weight excluding hydrogens is 430 g/mol. The molecular formula is C28H47NO3S. The monoisotopic (exact) mass is 477 g/mol. The van der Waals surface area contributed by atoms with E-state index < -0.39 is 10.1 Å². The van der Waals surface area contributed by atoms with Crippen LogP contribution in [0.4, 0.5) is 0 Å². The smallest absolute Gasteiger partial charge is 0.125 e. The fraction of sp³-hybridized carbons (Fsp3) is 0.643. The maximum atomic E-state index is 12.0. The van der Waals surface area contributed by atoms with Crippen LogP contribution in [0.15, 0.2) is 35.2 Å². The SMILES string of the molecule is CCCCCCCCCc1cc(S(=O)(=O)[O-])c2cccc(CCCCCCCCC)c2c1.[NH4+]. The van der Waals surface area contributed by atoms with Crippen LogP contribution in [0.1, 0.15) is 115 Å². The van der Waals surface area contributed by atoms with Gasteiger partial charge in [-0.3, -0.25) is 0 Å². The lowest BCUT2D eigenvalue weighted by Gasteiger charge is -2.16. The minimum absolute atomic E-state index is 0. The summed E-state index contributed by atoms with van der Waals surface area (Å²) in [4.78, 5) is -0.0469. The maximum absolute atomic E-state index is 12.0. The molecule has 4 N–H and O–H groups in total. The topological polar surface area (TPSA) is 93.7 Å². The summed E-state index contributed by atoms with van der Waals surface area (Å²) in [6.07, 6.45) is 19.1. The standard InChI is InChI=1S/C28H44O3S.H3N/c1-3-5-7-9-11-13-15-18-24-22-27-25(19-16-14-12-10-8-6-4-2)20-17-21-26(27)28(23-24)32(29,30)31;/h17,20-23H,3-16,18-19H2,1-2H3,(H,29,30,31);1H3. The molecule has 0 spiro atoms. The van der Waals surface area contributed by atoms with Crippen molar-refractivity contribution in [3.63, 3.8) is 0 Å². The Morgan fingerprint density at radius 3 is 1.73 bits per heavy atom. The predicted molar refractivity (Wildman–Crippen MR) is 141 cm³/mol. The van der Waals surface area contributed by atoms with Crippen molar-refractivity contribution < 1.29 is 13.0 Å². The van der Waals surface area contributed by atoms with Crippen molar-refractivity contribution >= 4 is 20.9 Å². The fourth-order valence-electron chi connectivity index (χ4n) is 4.60. The second-order valence-corrected chi connectivity index (χ2v) is 10.7. The first-order chi connectivity index (χ1) is 15.5. The van der Waals surface area contributed by atoms with E-state index in [1.165, 1.54) is 76.2 Å². The average molecular weight is 478 g/mol. The van der Waals surface area contributed by atoms with Gasteiger partial charge in [-0.2, -0.15) is 0 Å². The molecule has 0 bridgehead atoms. The summed E-state index contributed by atoms with van der Waals surface area (Å²) >= 11 is 0. The van der Waals surface area contributed by atoms with Crippen molar-refractivity contribution in [2.24, 2.45) is 0 Å². The molecule has 0 heterocycles. The van der Waals surface area contributed by atoms with Crippen LogP contribution in [0, 0.1) is 0 Å². The fourth-order valence-corrected chi connectivity index (χ4v) is 5.34. The Bertz CT molecular complexity index is 909. The highest BCUT2D eigenvalue weighted by Crippen LogP contribution is 2.29. The molecule has 2 aromatic rings. The Morgan fingerprint density at radius 1 is 0.667 bits per heavy atom. The van der Waals surface area contributed by atoms with Gasteiger partial charge in [0.05, 0.1) is 4.90 Å². The summed E-state index contributed by atoms with van der Waals surface area (Å²) in [5, 5.41) is 1.54. The largest absolute Gasteiger partial charge is 0.744 e. The number of quaternary nitrogens is 1. The van der Waals surface area contributed by atoms with Gasteiger partial charge in [-0.05, 0) is 53.6 Å². The van der Waals surface area contributed by atoms with Crippen molar-refractivity contribution in [2.45, 2.75) is 121 Å². The van der Waals surface area contributed by atoms with Crippen LogP contribution >= 0.6 is 0 Å². The van der Waals surface area contributed by atoms with E-state index in [0.29, 0.717) is 5.39 Å². The zero-order valence-corrected chi connectivity index (χ0v) is 22.1. The molecule has 0 aliphatic heterocycles. The number of fused-ring (bicyclic) bond motifs is 1. The molecule has 0 fully saturated rings. The first-order valence-electron chi connectivity index (χ1n) is 13.0. The zero-order chi connectivity index (χ0) is 23.2. The summed E-state index contributed by atoms with van der Waals surface area (Å²) in [5.74, 6) is 0. The second kappa shape index (κ2) is 16.2. The molecule has 5 heteroatoms. The highest BCUT2D eigenvalue weighted by Gasteiger charge is 2.12. The molecule has 0 saturated carbocycles. The number of unbranched alkanes of at least 4 members (excludes halogenated alkanes) is 12.